The minimum Gasteiger partial charge on any atom is -0.388 e. The summed E-state index contributed by atoms with van der Waals surface area (Å²) in [5.74, 6) is 0.795. The van der Waals surface area contributed by atoms with Gasteiger partial charge in [0.25, 0.3) is 5.69 Å². The molecule has 20 heavy (non-hydrogen) atoms. The molecule has 1 aliphatic heterocycles. The summed E-state index contributed by atoms with van der Waals surface area (Å²) in [6, 6.07) is 8.31. The second-order valence-corrected chi connectivity index (χ2v) is 5.47. The summed E-state index contributed by atoms with van der Waals surface area (Å²) in [6.45, 7) is 3.13. The molecule has 1 unspecified atom stereocenters. The van der Waals surface area contributed by atoms with Crippen LogP contribution >= 0.6 is 0 Å². The molecule has 104 valence electrons. The summed E-state index contributed by atoms with van der Waals surface area (Å²) in [7, 11) is 0. The maximum absolute atomic E-state index is 10.7. The van der Waals surface area contributed by atoms with Crippen molar-refractivity contribution >= 4 is 22.4 Å². The number of anilines is 1. The molecule has 1 saturated heterocycles. The van der Waals surface area contributed by atoms with Crippen molar-refractivity contribution in [3.63, 3.8) is 0 Å². The summed E-state index contributed by atoms with van der Waals surface area (Å²) in [5, 5.41) is 21.5. The summed E-state index contributed by atoms with van der Waals surface area (Å²) < 4.78 is 0. The number of benzene rings is 1. The highest BCUT2D eigenvalue weighted by molar-refractivity contribution is 5.82. The Morgan fingerprint density at radius 3 is 2.85 bits per heavy atom. The first kappa shape index (κ1) is 12.8. The molecule has 1 aliphatic rings. The average molecular weight is 273 g/mol. The van der Waals surface area contributed by atoms with Crippen LogP contribution in [0, 0.1) is 10.1 Å². The molecule has 1 aromatic heterocycles. The van der Waals surface area contributed by atoms with E-state index < -0.39 is 10.5 Å². The van der Waals surface area contributed by atoms with Gasteiger partial charge in [-0.25, -0.2) is 4.98 Å². The number of nitro benzene ring substituents is 1. The van der Waals surface area contributed by atoms with E-state index in [0.29, 0.717) is 13.0 Å². The van der Waals surface area contributed by atoms with Crippen molar-refractivity contribution in [1.82, 2.24) is 4.98 Å². The predicted molar refractivity (Wildman–Crippen MR) is 75.9 cm³/mol. The Kier molecular flexibility index (Phi) is 2.83. The third-order valence-corrected chi connectivity index (χ3v) is 3.64. The van der Waals surface area contributed by atoms with Gasteiger partial charge < -0.3 is 10.0 Å². The fourth-order valence-electron chi connectivity index (χ4n) is 2.53. The molecule has 6 nitrogen and oxygen atoms in total. The molecule has 3 rings (SSSR count). The summed E-state index contributed by atoms with van der Waals surface area (Å²) >= 11 is 0. The average Bonchev–Trinajstić information content (AvgIpc) is 2.78. The van der Waals surface area contributed by atoms with Crippen molar-refractivity contribution in [2.24, 2.45) is 0 Å². The van der Waals surface area contributed by atoms with E-state index in [0.717, 1.165) is 23.3 Å². The van der Waals surface area contributed by atoms with Crippen molar-refractivity contribution < 1.29 is 10.0 Å². The normalized spacial score (nSPS) is 22.4. The molecule has 2 heterocycles. The highest BCUT2D eigenvalue weighted by atomic mass is 16.6. The van der Waals surface area contributed by atoms with Crippen LogP contribution in [0.25, 0.3) is 10.9 Å². The standard InChI is InChI=1S/C14H15N3O3/c1-14(18)6-7-16(9-14)13-5-2-10-8-11(17(19)20)3-4-12(10)15-13/h2-5,8,18H,6-7,9H2,1H3. The van der Waals surface area contributed by atoms with E-state index in [1.165, 1.54) is 12.1 Å². The highest BCUT2D eigenvalue weighted by Gasteiger charge is 2.31. The maximum Gasteiger partial charge on any atom is 0.270 e. The van der Waals surface area contributed by atoms with Gasteiger partial charge in [0.15, 0.2) is 0 Å². The van der Waals surface area contributed by atoms with E-state index in [2.05, 4.69) is 4.98 Å². The Labute approximate surface area is 115 Å². The lowest BCUT2D eigenvalue weighted by atomic mass is 10.1. The number of hydrogen-bond acceptors (Lipinski definition) is 5. The lowest BCUT2D eigenvalue weighted by Crippen LogP contribution is -2.29. The zero-order valence-electron chi connectivity index (χ0n) is 11.1. The van der Waals surface area contributed by atoms with Crippen LogP contribution in [-0.2, 0) is 0 Å². The molecule has 0 amide bonds. The quantitative estimate of drug-likeness (QED) is 0.669. The third-order valence-electron chi connectivity index (χ3n) is 3.64. The summed E-state index contributed by atoms with van der Waals surface area (Å²) in [4.78, 5) is 16.9. The summed E-state index contributed by atoms with van der Waals surface area (Å²) in [6.07, 6.45) is 0.715. The van der Waals surface area contributed by atoms with Gasteiger partial charge in [0.2, 0.25) is 0 Å². The Bertz CT molecular complexity index is 684. The minimum atomic E-state index is -0.674. The number of β-amino-alcohol motifs (C(OH)–C–C–N with tert-alkyl or cyclic N) is 1. The van der Waals surface area contributed by atoms with E-state index in [4.69, 9.17) is 0 Å². The van der Waals surface area contributed by atoms with Gasteiger partial charge in [-0.05, 0) is 31.5 Å². The molecular formula is C14H15N3O3. The second-order valence-electron chi connectivity index (χ2n) is 5.47. The van der Waals surface area contributed by atoms with Gasteiger partial charge >= 0.3 is 0 Å². The van der Waals surface area contributed by atoms with E-state index in [9.17, 15) is 15.2 Å². The number of rotatable bonds is 2. The largest absolute Gasteiger partial charge is 0.388 e. The number of aromatic nitrogens is 1. The topological polar surface area (TPSA) is 79.5 Å². The third kappa shape index (κ3) is 2.30. The Morgan fingerprint density at radius 2 is 2.20 bits per heavy atom. The highest BCUT2D eigenvalue weighted by Crippen LogP contribution is 2.27. The van der Waals surface area contributed by atoms with Gasteiger partial charge in [0.1, 0.15) is 5.82 Å². The lowest BCUT2D eigenvalue weighted by Gasteiger charge is -2.20. The molecule has 1 atom stereocenters. The number of non-ortho nitro benzene ring substituents is 1. The Balaban J connectivity index is 1.96. The smallest absolute Gasteiger partial charge is 0.270 e. The van der Waals surface area contributed by atoms with Crippen LogP contribution in [0.15, 0.2) is 30.3 Å². The fourth-order valence-corrected chi connectivity index (χ4v) is 2.53. The molecular weight excluding hydrogens is 258 g/mol. The SMILES string of the molecule is CC1(O)CCN(c2ccc3cc([N+](=O)[O-])ccc3n2)C1. The van der Waals surface area contributed by atoms with Crippen LogP contribution in [0.5, 0.6) is 0 Å². The van der Waals surface area contributed by atoms with Gasteiger partial charge in [0.05, 0.1) is 16.0 Å². The predicted octanol–water partition coefficient (Wildman–Crippen LogP) is 2.10. The molecule has 0 spiro atoms. The Hall–Kier alpha value is -2.21. The Morgan fingerprint density at radius 1 is 1.40 bits per heavy atom. The van der Waals surface area contributed by atoms with Crippen molar-refractivity contribution in [3.05, 3.63) is 40.4 Å². The lowest BCUT2D eigenvalue weighted by molar-refractivity contribution is -0.384. The van der Waals surface area contributed by atoms with Crippen LogP contribution in [0.2, 0.25) is 0 Å². The van der Waals surface area contributed by atoms with Crippen LogP contribution in [0.4, 0.5) is 11.5 Å². The molecule has 1 fully saturated rings. The fraction of sp³-hybridized carbons (Fsp3) is 0.357. The molecule has 0 bridgehead atoms. The van der Waals surface area contributed by atoms with Crippen LogP contribution in [0.1, 0.15) is 13.3 Å². The van der Waals surface area contributed by atoms with E-state index >= 15 is 0 Å². The zero-order valence-corrected chi connectivity index (χ0v) is 11.1. The molecule has 6 heteroatoms. The van der Waals surface area contributed by atoms with Crippen molar-refractivity contribution in [1.29, 1.82) is 0 Å². The van der Waals surface area contributed by atoms with Gasteiger partial charge in [-0.2, -0.15) is 0 Å². The van der Waals surface area contributed by atoms with Gasteiger partial charge in [-0.3, -0.25) is 10.1 Å². The maximum atomic E-state index is 10.7. The minimum absolute atomic E-state index is 0.0659. The van der Waals surface area contributed by atoms with Crippen LogP contribution in [0.3, 0.4) is 0 Å². The molecule has 1 N–H and O–H groups in total. The van der Waals surface area contributed by atoms with E-state index in [-0.39, 0.29) is 5.69 Å². The van der Waals surface area contributed by atoms with Gasteiger partial charge in [-0.15, -0.1) is 0 Å². The molecule has 2 aromatic rings. The van der Waals surface area contributed by atoms with E-state index in [1.807, 2.05) is 24.0 Å². The van der Waals surface area contributed by atoms with Crippen molar-refractivity contribution in [3.8, 4) is 0 Å². The van der Waals surface area contributed by atoms with Crippen molar-refractivity contribution in [2.75, 3.05) is 18.0 Å². The van der Waals surface area contributed by atoms with Crippen LogP contribution < -0.4 is 4.90 Å². The zero-order chi connectivity index (χ0) is 14.3. The molecule has 1 aromatic carbocycles. The van der Waals surface area contributed by atoms with Gasteiger partial charge in [-0.1, -0.05) is 0 Å². The number of pyridine rings is 1. The number of aliphatic hydroxyl groups is 1. The monoisotopic (exact) mass is 273 g/mol. The summed E-state index contributed by atoms with van der Waals surface area (Å²) in [5.41, 5.74) is 0.113. The number of nitrogens with zero attached hydrogens (tertiary/aromatic N) is 3. The first-order chi connectivity index (χ1) is 9.44. The number of nitro groups is 1. The first-order valence-corrected chi connectivity index (χ1v) is 6.47. The van der Waals surface area contributed by atoms with Crippen molar-refractivity contribution in [2.45, 2.75) is 18.9 Å². The molecule has 0 radical (unpaired) electrons. The van der Waals surface area contributed by atoms with Crippen LogP contribution in [-0.4, -0.2) is 33.7 Å². The molecule has 0 aliphatic carbocycles. The van der Waals surface area contributed by atoms with Gasteiger partial charge in [0, 0.05) is 30.6 Å². The molecule has 0 saturated carbocycles. The van der Waals surface area contributed by atoms with E-state index in [1.54, 1.807) is 6.07 Å². The number of fused-ring (bicyclic) bond motifs is 1. The first-order valence-electron chi connectivity index (χ1n) is 6.47. The second kappa shape index (κ2) is 4.42. The number of hydrogen-bond donors (Lipinski definition) is 1.